The number of fused-ring (bicyclic) bond motifs is 1. The maximum absolute atomic E-state index is 12.1. The molecule has 1 amide bonds. The minimum absolute atomic E-state index is 0.295. The van der Waals surface area contributed by atoms with Crippen LogP contribution in [0.3, 0.4) is 0 Å². The standard InChI is InChI=1S/C19H17BrN2O2S/c1-12(19(23)22-21-11-17-10-18(20)13(2)25-17)24-16-8-7-14-5-3-4-6-15(14)9-16/h3-12H,1-2H3,(H,22,23)/b21-11-/t12-/m1/s1. The molecular weight excluding hydrogens is 400 g/mol. The minimum atomic E-state index is -0.643. The number of nitrogens with zero attached hydrogens (tertiary/aromatic N) is 1. The molecule has 1 atom stereocenters. The first kappa shape index (κ1) is 17.6. The highest BCUT2D eigenvalue weighted by atomic mass is 79.9. The predicted molar refractivity (Wildman–Crippen MR) is 107 cm³/mol. The number of nitrogens with one attached hydrogen (secondary N) is 1. The zero-order chi connectivity index (χ0) is 17.8. The zero-order valence-electron chi connectivity index (χ0n) is 13.8. The van der Waals surface area contributed by atoms with E-state index >= 15 is 0 Å². The van der Waals surface area contributed by atoms with Crippen LogP contribution in [0.15, 0.2) is 58.1 Å². The Labute approximate surface area is 158 Å². The van der Waals surface area contributed by atoms with Crippen LogP contribution in [0.2, 0.25) is 0 Å². The lowest BCUT2D eigenvalue weighted by molar-refractivity contribution is -0.127. The lowest BCUT2D eigenvalue weighted by Gasteiger charge is -2.13. The molecule has 0 aliphatic carbocycles. The number of benzene rings is 2. The van der Waals surface area contributed by atoms with Gasteiger partial charge in [-0.1, -0.05) is 30.3 Å². The van der Waals surface area contributed by atoms with Gasteiger partial charge in [0.15, 0.2) is 6.10 Å². The largest absolute Gasteiger partial charge is 0.481 e. The van der Waals surface area contributed by atoms with Crippen LogP contribution in [0.1, 0.15) is 16.7 Å². The summed E-state index contributed by atoms with van der Waals surface area (Å²) in [7, 11) is 0. The molecule has 0 saturated heterocycles. The third-order valence-corrected chi connectivity index (χ3v) is 5.72. The maximum atomic E-state index is 12.1. The molecule has 3 rings (SSSR count). The van der Waals surface area contributed by atoms with E-state index in [1.165, 1.54) is 4.88 Å². The van der Waals surface area contributed by atoms with E-state index in [4.69, 9.17) is 4.74 Å². The summed E-state index contributed by atoms with van der Waals surface area (Å²) in [5.74, 6) is 0.361. The smallest absolute Gasteiger partial charge is 0.280 e. The zero-order valence-corrected chi connectivity index (χ0v) is 16.2. The second-order valence-corrected chi connectivity index (χ2v) is 7.70. The van der Waals surface area contributed by atoms with Crippen molar-refractivity contribution >= 4 is 50.2 Å². The fourth-order valence-electron chi connectivity index (χ4n) is 2.29. The molecular formula is C19H17BrN2O2S. The third-order valence-electron chi connectivity index (χ3n) is 3.65. The molecule has 1 N–H and O–H groups in total. The monoisotopic (exact) mass is 416 g/mol. The first-order valence-corrected chi connectivity index (χ1v) is 9.38. The van der Waals surface area contributed by atoms with Crippen molar-refractivity contribution in [3.05, 3.63) is 62.8 Å². The molecule has 1 aromatic heterocycles. The van der Waals surface area contributed by atoms with Crippen LogP contribution in [-0.2, 0) is 4.79 Å². The van der Waals surface area contributed by atoms with E-state index in [-0.39, 0.29) is 5.91 Å². The topological polar surface area (TPSA) is 50.7 Å². The Morgan fingerprint density at radius 2 is 2.00 bits per heavy atom. The van der Waals surface area contributed by atoms with Gasteiger partial charge in [0.1, 0.15) is 5.75 Å². The summed E-state index contributed by atoms with van der Waals surface area (Å²) in [4.78, 5) is 14.3. The van der Waals surface area contributed by atoms with Crippen molar-refractivity contribution in [2.24, 2.45) is 5.10 Å². The first-order valence-electron chi connectivity index (χ1n) is 7.77. The fraction of sp³-hybridized carbons (Fsp3) is 0.158. The average Bonchev–Trinajstić information content (AvgIpc) is 2.92. The van der Waals surface area contributed by atoms with Gasteiger partial charge >= 0.3 is 0 Å². The molecule has 0 aliphatic rings. The summed E-state index contributed by atoms with van der Waals surface area (Å²) in [6.07, 6.45) is 0.985. The predicted octanol–water partition coefficient (Wildman–Crippen LogP) is 4.89. The molecule has 1 heterocycles. The van der Waals surface area contributed by atoms with Crippen molar-refractivity contribution in [1.29, 1.82) is 0 Å². The molecule has 3 aromatic rings. The second-order valence-electron chi connectivity index (χ2n) is 5.56. The molecule has 4 nitrogen and oxygen atoms in total. The van der Waals surface area contributed by atoms with E-state index in [1.807, 2.05) is 55.5 Å². The van der Waals surface area contributed by atoms with Gasteiger partial charge < -0.3 is 4.74 Å². The van der Waals surface area contributed by atoms with Gasteiger partial charge in [-0.15, -0.1) is 11.3 Å². The summed E-state index contributed by atoms with van der Waals surface area (Å²) in [6.45, 7) is 3.72. The van der Waals surface area contributed by atoms with Crippen molar-refractivity contribution in [3.63, 3.8) is 0 Å². The van der Waals surface area contributed by atoms with Gasteiger partial charge in [0, 0.05) is 14.2 Å². The number of thiophene rings is 1. The highest BCUT2D eigenvalue weighted by Crippen LogP contribution is 2.25. The van der Waals surface area contributed by atoms with Gasteiger partial charge in [-0.05, 0) is 58.7 Å². The summed E-state index contributed by atoms with van der Waals surface area (Å²) >= 11 is 5.06. The number of carbonyl (C=O) groups is 1. The lowest BCUT2D eigenvalue weighted by atomic mass is 10.1. The number of aryl methyl sites for hydroxylation is 1. The average molecular weight is 417 g/mol. The van der Waals surface area contributed by atoms with Crippen molar-refractivity contribution in [3.8, 4) is 5.75 Å². The van der Waals surface area contributed by atoms with Crippen molar-refractivity contribution < 1.29 is 9.53 Å². The van der Waals surface area contributed by atoms with Crippen LogP contribution in [0, 0.1) is 6.92 Å². The maximum Gasteiger partial charge on any atom is 0.280 e. The molecule has 0 aliphatic heterocycles. The van der Waals surface area contributed by atoms with Crippen LogP contribution in [0.5, 0.6) is 5.75 Å². The van der Waals surface area contributed by atoms with Gasteiger partial charge in [-0.25, -0.2) is 5.43 Å². The van der Waals surface area contributed by atoms with Crippen LogP contribution < -0.4 is 10.2 Å². The van der Waals surface area contributed by atoms with Gasteiger partial charge in [0.25, 0.3) is 5.91 Å². The number of ether oxygens (including phenoxy) is 1. The Kier molecular flexibility index (Phi) is 5.50. The quantitative estimate of drug-likeness (QED) is 0.475. The van der Waals surface area contributed by atoms with E-state index in [9.17, 15) is 4.79 Å². The van der Waals surface area contributed by atoms with E-state index in [0.717, 1.165) is 20.1 Å². The fourth-order valence-corrected chi connectivity index (χ4v) is 3.73. The second kappa shape index (κ2) is 7.80. The Bertz CT molecular complexity index is 917. The molecule has 0 saturated carbocycles. The van der Waals surface area contributed by atoms with E-state index in [1.54, 1.807) is 24.5 Å². The molecule has 128 valence electrons. The molecule has 0 bridgehead atoms. The summed E-state index contributed by atoms with van der Waals surface area (Å²) in [5.41, 5.74) is 2.51. The Morgan fingerprint density at radius 3 is 2.72 bits per heavy atom. The summed E-state index contributed by atoms with van der Waals surface area (Å²) in [6, 6.07) is 15.7. The summed E-state index contributed by atoms with van der Waals surface area (Å²) in [5, 5.41) is 6.20. The Morgan fingerprint density at radius 1 is 1.24 bits per heavy atom. The van der Waals surface area contributed by atoms with E-state index in [2.05, 4.69) is 26.5 Å². The molecule has 0 spiro atoms. The molecule has 6 heteroatoms. The van der Waals surface area contributed by atoms with E-state index in [0.29, 0.717) is 5.75 Å². The van der Waals surface area contributed by atoms with Crippen LogP contribution in [0.25, 0.3) is 10.8 Å². The minimum Gasteiger partial charge on any atom is -0.481 e. The highest BCUT2D eigenvalue weighted by Gasteiger charge is 2.14. The molecule has 0 radical (unpaired) electrons. The highest BCUT2D eigenvalue weighted by molar-refractivity contribution is 9.10. The third kappa shape index (κ3) is 4.46. The van der Waals surface area contributed by atoms with Crippen molar-refractivity contribution in [1.82, 2.24) is 5.43 Å². The number of hydrazone groups is 1. The van der Waals surface area contributed by atoms with Gasteiger partial charge in [-0.2, -0.15) is 5.10 Å². The van der Waals surface area contributed by atoms with Gasteiger partial charge in [-0.3, -0.25) is 4.79 Å². The number of hydrogen-bond donors (Lipinski definition) is 1. The number of amides is 1. The van der Waals surface area contributed by atoms with E-state index < -0.39 is 6.10 Å². The van der Waals surface area contributed by atoms with Crippen LogP contribution >= 0.6 is 27.3 Å². The van der Waals surface area contributed by atoms with Crippen molar-refractivity contribution in [2.75, 3.05) is 0 Å². The molecule has 25 heavy (non-hydrogen) atoms. The molecule has 0 unspecified atom stereocenters. The summed E-state index contributed by atoms with van der Waals surface area (Å²) < 4.78 is 6.76. The molecule has 0 fully saturated rings. The number of halogens is 1. The van der Waals surface area contributed by atoms with Gasteiger partial charge in [0.05, 0.1) is 6.21 Å². The number of hydrogen-bond acceptors (Lipinski definition) is 4. The SMILES string of the molecule is Cc1sc(/C=N\NC(=O)[C@@H](C)Oc2ccc3ccccc3c2)cc1Br. The lowest BCUT2D eigenvalue weighted by Crippen LogP contribution is -2.33. The van der Waals surface area contributed by atoms with Crippen LogP contribution in [-0.4, -0.2) is 18.2 Å². The van der Waals surface area contributed by atoms with Crippen molar-refractivity contribution in [2.45, 2.75) is 20.0 Å². The Hall–Kier alpha value is -2.18. The number of carbonyl (C=O) groups excluding carboxylic acids is 1. The van der Waals surface area contributed by atoms with Gasteiger partial charge in [0.2, 0.25) is 0 Å². The Balaban J connectivity index is 1.59. The normalized spacial score (nSPS) is 12.4. The van der Waals surface area contributed by atoms with Crippen LogP contribution in [0.4, 0.5) is 0 Å². The number of rotatable bonds is 5. The first-order chi connectivity index (χ1) is 12.0. The molecule has 2 aromatic carbocycles.